The van der Waals surface area contributed by atoms with Gasteiger partial charge in [-0.3, -0.25) is 9.36 Å². The first kappa shape index (κ1) is 29.1. The van der Waals surface area contributed by atoms with Gasteiger partial charge in [-0.05, 0) is 41.3 Å². The lowest BCUT2D eigenvalue weighted by molar-refractivity contribution is -0.137. The van der Waals surface area contributed by atoms with Crippen LogP contribution in [-0.2, 0) is 29.5 Å². The maximum atomic E-state index is 14.5. The summed E-state index contributed by atoms with van der Waals surface area (Å²) in [5.41, 5.74) is -1.47. The molecule has 0 radical (unpaired) electrons. The van der Waals surface area contributed by atoms with E-state index in [1.54, 1.807) is 32.0 Å². The van der Waals surface area contributed by atoms with Crippen LogP contribution >= 0.6 is 11.6 Å². The van der Waals surface area contributed by atoms with Crippen LogP contribution in [0.2, 0.25) is 5.02 Å². The van der Waals surface area contributed by atoms with Crippen molar-refractivity contribution in [3.63, 3.8) is 0 Å². The second kappa shape index (κ2) is 11.3. The number of rotatable bonds is 9. The number of alkyl halides is 3. The monoisotopic (exact) mass is 575 g/mol. The van der Waals surface area contributed by atoms with Crippen LogP contribution in [0.25, 0.3) is 11.4 Å². The minimum absolute atomic E-state index is 0.131. The Morgan fingerprint density at radius 3 is 2.38 bits per heavy atom. The molecule has 11 heteroatoms. The van der Waals surface area contributed by atoms with Crippen molar-refractivity contribution in [1.29, 1.82) is 0 Å². The minimum atomic E-state index is -4.52. The molecule has 4 aromatic rings. The molecule has 6 nitrogen and oxygen atoms in total. The summed E-state index contributed by atoms with van der Waals surface area (Å²) < 4.78 is 61.8. The molecular weight excluding hydrogens is 550 g/mol. The summed E-state index contributed by atoms with van der Waals surface area (Å²) >= 11 is 6.09. The van der Waals surface area contributed by atoms with Crippen molar-refractivity contribution >= 4 is 17.4 Å². The second-order valence-electron chi connectivity index (χ2n) is 9.96. The summed E-state index contributed by atoms with van der Waals surface area (Å²) in [6, 6.07) is 15.5. The van der Waals surface area contributed by atoms with Crippen molar-refractivity contribution in [1.82, 2.24) is 14.3 Å². The first-order valence-electron chi connectivity index (χ1n) is 12.2. The number of Topliss-reactive ketones (excluding diaryl/α,β-unsaturated/α-hetero) is 1. The average Bonchev–Trinajstić information content (AvgIpc) is 3.18. The van der Waals surface area contributed by atoms with Crippen LogP contribution < -0.4 is 10.4 Å². The fraction of sp³-hybridized carbons (Fsp3) is 0.276. The zero-order valence-corrected chi connectivity index (χ0v) is 22.7. The molecule has 40 heavy (non-hydrogen) atoms. The number of ketones is 1. The van der Waals surface area contributed by atoms with E-state index >= 15 is 0 Å². The molecule has 1 aromatic heterocycles. The molecule has 210 valence electrons. The summed E-state index contributed by atoms with van der Waals surface area (Å²) in [6.07, 6.45) is -4.67. The van der Waals surface area contributed by atoms with Gasteiger partial charge in [0.2, 0.25) is 0 Å². The van der Waals surface area contributed by atoms with Gasteiger partial charge in [0.25, 0.3) is 0 Å². The van der Waals surface area contributed by atoms with Gasteiger partial charge in [-0.15, -0.1) is 5.10 Å². The van der Waals surface area contributed by atoms with Crippen LogP contribution in [0, 0.1) is 5.82 Å². The predicted octanol–water partition coefficient (Wildman–Crippen LogP) is 6.52. The van der Waals surface area contributed by atoms with Gasteiger partial charge < -0.3 is 4.74 Å². The summed E-state index contributed by atoms with van der Waals surface area (Å²) in [7, 11) is 1.42. The first-order valence-corrected chi connectivity index (χ1v) is 12.6. The topological polar surface area (TPSA) is 66.1 Å². The summed E-state index contributed by atoms with van der Waals surface area (Å²) in [5.74, 6) is -0.493. The van der Waals surface area contributed by atoms with Gasteiger partial charge in [-0.2, -0.15) is 13.2 Å². The SMILES string of the molecule is COc1cc(Cl)ccc1-c1nn(CC(=O)CC(C)(C)c2cccc(C(F)(F)F)c2)c(=O)n1Cc1ccccc1F. The second-order valence-corrected chi connectivity index (χ2v) is 10.4. The van der Waals surface area contributed by atoms with E-state index in [9.17, 15) is 27.2 Å². The molecule has 0 saturated carbocycles. The molecule has 4 rings (SSSR count). The number of methoxy groups -OCH3 is 1. The molecule has 0 N–H and O–H groups in total. The van der Waals surface area contributed by atoms with Crippen molar-refractivity contribution in [3.05, 3.63) is 105 Å². The maximum absolute atomic E-state index is 14.5. The van der Waals surface area contributed by atoms with E-state index < -0.39 is 41.0 Å². The number of hydrogen-bond acceptors (Lipinski definition) is 4. The van der Waals surface area contributed by atoms with Crippen LogP contribution in [0.4, 0.5) is 17.6 Å². The third kappa shape index (κ3) is 6.28. The summed E-state index contributed by atoms with van der Waals surface area (Å²) in [4.78, 5) is 26.6. The zero-order valence-electron chi connectivity index (χ0n) is 21.9. The number of carbonyl (C=O) groups is 1. The third-order valence-electron chi connectivity index (χ3n) is 6.55. The Hall–Kier alpha value is -3.92. The van der Waals surface area contributed by atoms with Gasteiger partial charge >= 0.3 is 11.9 Å². The fourth-order valence-electron chi connectivity index (χ4n) is 4.47. The number of ether oxygens (including phenoxy) is 1. The Bertz CT molecular complexity index is 1610. The lowest BCUT2D eigenvalue weighted by atomic mass is 9.79. The highest BCUT2D eigenvalue weighted by Crippen LogP contribution is 2.35. The van der Waals surface area contributed by atoms with Crippen LogP contribution in [-0.4, -0.2) is 27.2 Å². The Balaban J connectivity index is 1.69. The van der Waals surface area contributed by atoms with Crippen LogP contribution in [0.5, 0.6) is 5.75 Å². The van der Waals surface area contributed by atoms with Crippen LogP contribution in [0.3, 0.4) is 0 Å². The van der Waals surface area contributed by atoms with Crippen LogP contribution in [0.15, 0.2) is 71.5 Å². The molecule has 0 aliphatic carbocycles. The molecule has 0 aliphatic rings. The summed E-state index contributed by atoms with van der Waals surface area (Å²) in [6.45, 7) is 2.71. The standard InChI is InChI=1S/C29H26ClF4N3O3/c1-28(2,19-8-6-9-20(13-19)29(32,33)34)15-22(38)17-37-27(39)36(16-18-7-4-5-10-24(18)31)26(35-37)23-12-11-21(30)14-25(23)40-3/h4-14H,15-17H2,1-3H3. The number of carbonyl (C=O) groups excluding carboxylic acids is 1. The van der Waals surface area contributed by atoms with Gasteiger partial charge in [0, 0.05) is 17.0 Å². The highest BCUT2D eigenvalue weighted by molar-refractivity contribution is 6.30. The molecule has 0 amide bonds. The number of halogens is 5. The number of aromatic nitrogens is 3. The average molecular weight is 576 g/mol. The largest absolute Gasteiger partial charge is 0.496 e. The van der Waals surface area contributed by atoms with Crippen LogP contribution in [0.1, 0.15) is 37.0 Å². The molecule has 0 unspecified atom stereocenters. The van der Waals surface area contributed by atoms with Gasteiger partial charge in [-0.1, -0.05) is 61.8 Å². The number of nitrogens with zero attached hydrogens (tertiary/aromatic N) is 3. The highest BCUT2D eigenvalue weighted by Gasteiger charge is 2.33. The van der Waals surface area contributed by atoms with Gasteiger partial charge in [0.05, 0.1) is 24.8 Å². The van der Waals surface area contributed by atoms with E-state index in [0.29, 0.717) is 21.9 Å². The number of hydrogen-bond donors (Lipinski definition) is 0. The molecular formula is C29H26ClF4N3O3. The van der Waals surface area contributed by atoms with Gasteiger partial charge in [0.15, 0.2) is 11.6 Å². The normalized spacial score (nSPS) is 12.0. The fourth-order valence-corrected chi connectivity index (χ4v) is 4.63. The molecule has 0 aliphatic heterocycles. The van der Waals surface area contributed by atoms with Crippen molar-refractivity contribution < 1.29 is 27.1 Å². The first-order chi connectivity index (χ1) is 18.8. The van der Waals surface area contributed by atoms with Crippen molar-refractivity contribution in [2.45, 2.75) is 44.9 Å². The Kier molecular flexibility index (Phi) is 8.20. The highest BCUT2D eigenvalue weighted by atomic mass is 35.5. The summed E-state index contributed by atoms with van der Waals surface area (Å²) in [5, 5.41) is 4.77. The van der Waals surface area contributed by atoms with Crippen molar-refractivity contribution in [2.75, 3.05) is 7.11 Å². The maximum Gasteiger partial charge on any atom is 0.416 e. The smallest absolute Gasteiger partial charge is 0.416 e. The number of benzene rings is 3. The van der Waals surface area contributed by atoms with Gasteiger partial charge in [0.1, 0.15) is 18.1 Å². The van der Waals surface area contributed by atoms with E-state index in [-0.39, 0.29) is 24.4 Å². The molecule has 0 spiro atoms. The van der Waals surface area contributed by atoms with Crippen molar-refractivity contribution in [2.24, 2.45) is 0 Å². The van der Waals surface area contributed by atoms with E-state index in [0.717, 1.165) is 16.8 Å². The lowest BCUT2D eigenvalue weighted by Crippen LogP contribution is -2.31. The minimum Gasteiger partial charge on any atom is -0.496 e. The Morgan fingerprint density at radius 1 is 1.00 bits per heavy atom. The zero-order chi connectivity index (χ0) is 29.2. The van der Waals surface area contributed by atoms with Crippen molar-refractivity contribution in [3.8, 4) is 17.1 Å². The molecule has 0 saturated heterocycles. The Labute approximate surface area is 232 Å². The van der Waals surface area contributed by atoms with E-state index in [4.69, 9.17) is 16.3 Å². The quantitative estimate of drug-likeness (QED) is 0.213. The van der Waals surface area contributed by atoms with E-state index in [1.807, 2.05) is 0 Å². The third-order valence-corrected chi connectivity index (χ3v) is 6.79. The van der Waals surface area contributed by atoms with E-state index in [1.165, 1.54) is 48.1 Å². The molecule has 1 heterocycles. The van der Waals surface area contributed by atoms with E-state index in [2.05, 4.69) is 5.10 Å². The predicted molar refractivity (Wildman–Crippen MR) is 143 cm³/mol. The molecule has 0 fully saturated rings. The molecule has 0 atom stereocenters. The lowest BCUT2D eigenvalue weighted by Gasteiger charge is -2.25. The molecule has 0 bridgehead atoms. The van der Waals surface area contributed by atoms with Gasteiger partial charge in [-0.25, -0.2) is 13.9 Å². The molecule has 3 aromatic carbocycles. The Morgan fingerprint density at radius 2 is 1.70 bits per heavy atom.